The average molecular weight is 214 g/mol. The second-order valence-electron chi connectivity index (χ2n) is 4.09. The van der Waals surface area contributed by atoms with Crippen LogP contribution < -0.4 is 5.32 Å². The first-order valence-electron chi connectivity index (χ1n) is 5.01. The minimum absolute atomic E-state index is 0.114. The van der Waals surface area contributed by atoms with Crippen LogP contribution in [0.1, 0.15) is 6.42 Å². The molecule has 2 fully saturated rings. The third-order valence-electron chi connectivity index (χ3n) is 2.98. The largest absolute Gasteiger partial charge is 0.480 e. The van der Waals surface area contributed by atoms with E-state index in [-0.39, 0.29) is 24.8 Å². The van der Waals surface area contributed by atoms with Gasteiger partial charge in [0.25, 0.3) is 0 Å². The van der Waals surface area contributed by atoms with Crippen LogP contribution in [-0.4, -0.2) is 58.8 Å². The van der Waals surface area contributed by atoms with Crippen molar-refractivity contribution in [3.05, 3.63) is 0 Å². The van der Waals surface area contributed by atoms with E-state index in [1.807, 2.05) is 0 Å². The Bertz CT molecular complexity index is 290. The van der Waals surface area contributed by atoms with E-state index in [0.29, 0.717) is 13.1 Å². The monoisotopic (exact) mass is 214 g/mol. The smallest absolute Gasteiger partial charge is 0.326 e. The van der Waals surface area contributed by atoms with Gasteiger partial charge in [0.1, 0.15) is 6.04 Å². The maximum Gasteiger partial charge on any atom is 0.326 e. The highest BCUT2D eigenvalue weighted by Gasteiger charge is 2.42. The summed E-state index contributed by atoms with van der Waals surface area (Å²) in [5, 5.41) is 21.2. The van der Waals surface area contributed by atoms with Crippen LogP contribution in [-0.2, 0) is 9.59 Å². The standard InChI is InChI=1S/C9H14N2O4/c12-6-1-7(9(14)15)11(4-6)8(13)5-2-10-3-5/h5-7,10,12H,1-4H2,(H,14,15)/t6-,7+/m1/s1. The molecule has 1 amide bonds. The highest BCUT2D eigenvalue weighted by molar-refractivity contribution is 5.86. The molecule has 0 bridgehead atoms. The first-order valence-corrected chi connectivity index (χ1v) is 5.01. The van der Waals surface area contributed by atoms with Crippen molar-refractivity contribution in [1.29, 1.82) is 0 Å². The van der Waals surface area contributed by atoms with Crippen molar-refractivity contribution in [2.24, 2.45) is 5.92 Å². The minimum Gasteiger partial charge on any atom is -0.480 e. The lowest BCUT2D eigenvalue weighted by molar-refractivity contribution is -0.150. The van der Waals surface area contributed by atoms with E-state index in [1.54, 1.807) is 0 Å². The van der Waals surface area contributed by atoms with Gasteiger partial charge >= 0.3 is 5.97 Å². The number of hydrogen-bond donors (Lipinski definition) is 3. The number of hydrogen-bond acceptors (Lipinski definition) is 4. The number of carboxylic acids is 1. The van der Waals surface area contributed by atoms with Gasteiger partial charge in [-0.2, -0.15) is 0 Å². The average Bonchev–Trinajstić information content (AvgIpc) is 2.44. The van der Waals surface area contributed by atoms with Crippen LogP contribution in [0.4, 0.5) is 0 Å². The number of likely N-dealkylation sites (tertiary alicyclic amines) is 1. The normalized spacial score (nSPS) is 31.4. The Morgan fingerprint density at radius 1 is 1.33 bits per heavy atom. The number of aliphatic hydroxyl groups excluding tert-OH is 1. The van der Waals surface area contributed by atoms with E-state index in [4.69, 9.17) is 5.11 Å². The lowest BCUT2D eigenvalue weighted by Gasteiger charge is -2.31. The number of rotatable bonds is 2. The summed E-state index contributed by atoms with van der Waals surface area (Å²) in [6.45, 7) is 1.36. The highest BCUT2D eigenvalue weighted by Crippen LogP contribution is 2.21. The number of aliphatic carboxylic acids is 1. The van der Waals surface area contributed by atoms with Crippen LogP contribution in [0.5, 0.6) is 0 Å². The Hall–Kier alpha value is -1.14. The summed E-state index contributed by atoms with van der Waals surface area (Å²) in [6, 6.07) is -0.854. The van der Waals surface area contributed by atoms with Crippen LogP contribution in [0.2, 0.25) is 0 Å². The summed E-state index contributed by atoms with van der Waals surface area (Å²) < 4.78 is 0. The molecular weight excluding hydrogens is 200 g/mol. The van der Waals surface area contributed by atoms with Crippen molar-refractivity contribution in [1.82, 2.24) is 10.2 Å². The molecule has 84 valence electrons. The molecule has 2 aliphatic rings. The number of nitrogens with zero attached hydrogens (tertiary/aromatic N) is 1. The summed E-state index contributed by atoms with van der Waals surface area (Å²) in [5.74, 6) is -1.30. The fraction of sp³-hybridized carbons (Fsp3) is 0.778. The molecule has 3 N–H and O–H groups in total. The molecule has 0 aliphatic carbocycles. The van der Waals surface area contributed by atoms with Gasteiger partial charge in [0.15, 0.2) is 0 Å². The maximum absolute atomic E-state index is 11.8. The van der Waals surface area contributed by atoms with Gasteiger partial charge < -0.3 is 20.4 Å². The van der Waals surface area contributed by atoms with E-state index < -0.39 is 18.1 Å². The van der Waals surface area contributed by atoms with Gasteiger partial charge in [-0.05, 0) is 0 Å². The molecule has 6 heteroatoms. The Labute approximate surface area is 86.9 Å². The van der Waals surface area contributed by atoms with E-state index in [9.17, 15) is 14.7 Å². The Morgan fingerprint density at radius 2 is 2.00 bits per heavy atom. The van der Waals surface area contributed by atoms with Gasteiger partial charge in [-0.3, -0.25) is 4.79 Å². The molecule has 2 atom stereocenters. The van der Waals surface area contributed by atoms with Gasteiger partial charge in [0.05, 0.1) is 12.0 Å². The zero-order chi connectivity index (χ0) is 11.0. The Kier molecular flexibility index (Phi) is 2.62. The van der Waals surface area contributed by atoms with Crippen LogP contribution in [0.3, 0.4) is 0 Å². The molecule has 15 heavy (non-hydrogen) atoms. The third kappa shape index (κ3) is 1.82. The zero-order valence-corrected chi connectivity index (χ0v) is 8.22. The van der Waals surface area contributed by atoms with E-state index >= 15 is 0 Å². The van der Waals surface area contributed by atoms with Gasteiger partial charge in [0, 0.05) is 26.1 Å². The van der Waals surface area contributed by atoms with Gasteiger partial charge in [0.2, 0.25) is 5.91 Å². The van der Waals surface area contributed by atoms with Gasteiger partial charge in [-0.15, -0.1) is 0 Å². The third-order valence-corrected chi connectivity index (χ3v) is 2.98. The number of nitrogens with one attached hydrogen (secondary N) is 1. The molecular formula is C9H14N2O4. The molecule has 2 aliphatic heterocycles. The van der Waals surface area contributed by atoms with Crippen molar-refractivity contribution in [2.75, 3.05) is 19.6 Å². The molecule has 0 spiro atoms. The summed E-state index contributed by atoms with van der Waals surface area (Å²) in [4.78, 5) is 24.0. The van der Waals surface area contributed by atoms with Gasteiger partial charge in [-0.1, -0.05) is 0 Å². The van der Waals surface area contributed by atoms with Crippen LogP contribution in [0.15, 0.2) is 0 Å². The number of carbonyl (C=O) groups excluding carboxylic acids is 1. The lowest BCUT2D eigenvalue weighted by atomic mass is 10.0. The first kappa shape index (κ1) is 10.4. The van der Waals surface area contributed by atoms with Crippen LogP contribution >= 0.6 is 0 Å². The summed E-state index contributed by atoms with van der Waals surface area (Å²) in [7, 11) is 0. The number of carboxylic acid groups (broad SMARTS) is 1. The van der Waals surface area contributed by atoms with Crippen LogP contribution in [0.25, 0.3) is 0 Å². The molecule has 2 heterocycles. The molecule has 0 aromatic heterocycles. The molecule has 0 radical (unpaired) electrons. The number of amides is 1. The summed E-state index contributed by atoms with van der Waals surface area (Å²) in [6.07, 6.45) is -0.565. The Morgan fingerprint density at radius 3 is 2.47 bits per heavy atom. The topological polar surface area (TPSA) is 89.9 Å². The van der Waals surface area contributed by atoms with Crippen molar-refractivity contribution in [3.63, 3.8) is 0 Å². The molecule has 0 unspecified atom stereocenters. The predicted octanol–water partition coefficient (Wildman–Crippen LogP) is -1.75. The van der Waals surface area contributed by atoms with Crippen molar-refractivity contribution in [2.45, 2.75) is 18.6 Å². The minimum atomic E-state index is -1.04. The molecule has 2 rings (SSSR count). The lowest BCUT2D eigenvalue weighted by Crippen LogP contribution is -2.54. The quantitative estimate of drug-likeness (QED) is 0.507. The molecule has 2 saturated heterocycles. The highest BCUT2D eigenvalue weighted by atomic mass is 16.4. The summed E-state index contributed by atoms with van der Waals surface area (Å²) >= 11 is 0. The number of β-amino-alcohol motifs (C(OH)–C–C–N with tert-alkyl or cyclic N) is 1. The van der Waals surface area contributed by atoms with E-state index in [0.717, 1.165) is 0 Å². The zero-order valence-electron chi connectivity index (χ0n) is 8.22. The van der Waals surface area contributed by atoms with Crippen molar-refractivity contribution in [3.8, 4) is 0 Å². The fourth-order valence-electron chi connectivity index (χ4n) is 1.99. The predicted molar refractivity (Wildman–Crippen MR) is 50.1 cm³/mol. The van der Waals surface area contributed by atoms with Crippen LogP contribution in [0, 0.1) is 5.92 Å². The second-order valence-corrected chi connectivity index (χ2v) is 4.09. The maximum atomic E-state index is 11.8. The molecule has 0 aromatic carbocycles. The first-order chi connectivity index (χ1) is 7.09. The number of aliphatic hydroxyl groups is 1. The van der Waals surface area contributed by atoms with Crippen molar-refractivity contribution >= 4 is 11.9 Å². The van der Waals surface area contributed by atoms with E-state index in [2.05, 4.69) is 5.32 Å². The second kappa shape index (κ2) is 3.79. The Balaban J connectivity index is 2.05. The molecule has 0 aromatic rings. The summed E-state index contributed by atoms with van der Waals surface area (Å²) in [5.41, 5.74) is 0. The molecule has 0 saturated carbocycles. The van der Waals surface area contributed by atoms with Gasteiger partial charge in [-0.25, -0.2) is 4.79 Å². The SMILES string of the molecule is O=C(O)[C@@H]1C[C@@H](O)CN1C(=O)C1CNC1. The van der Waals surface area contributed by atoms with Crippen molar-refractivity contribution < 1.29 is 19.8 Å². The van der Waals surface area contributed by atoms with E-state index in [1.165, 1.54) is 4.90 Å². The number of carbonyl (C=O) groups is 2. The molecule has 6 nitrogen and oxygen atoms in total. The fourth-order valence-corrected chi connectivity index (χ4v) is 1.99.